The van der Waals surface area contributed by atoms with Crippen LogP contribution in [0.15, 0.2) is 41.3 Å². The quantitative estimate of drug-likeness (QED) is 0.790. The Morgan fingerprint density at radius 2 is 1.93 bits per heavy atom. The Bertz CT molecular complexity index is 1050. The number of carbonyl (C=O) groups is 1. The van der Waals surface area contributed by atoms with Gasteiger partial charge < -0.3 is 9.64 Å². The Morgan fingerprint density at radius 1 is 1.21 bits per heavy atom. The number of fused-ring (bicyclic) bond motifs is 1. The molecule has 2 aromatic carbocycles. The lowest BCUT2D eigenvalue weighted by Gasteiger charge is -2.28. The van der Waals surface area contributed by atoms with Gasteiger partial charge in [0.2, 0.25) is 5.91 Å². The number of amides is 1. The van der Waals surface area contributed by atoms with Gasteiger partial charge in [-0.3, -0.25) is 9.52 Å². The summed E-state index contributed by atoms with van der Waals surface area (Å²) in [6, 6.07) is 8.40. The average molecular weight is 421 g/mol. The predicted octanol–water partition coefficient (Wildman–Crippen LogP) is 4.10. The molecule has 0 aliphatic carbocycles. The van der Waals surface area contributed by atoms with Crippen LogP contribution < -0.4 is 14.4 Å². The molecule has 29 heavy (non-hydrogen) atoms. The third kappa shape index (κ3) is 4.22. The van der Waals surface area contributed by atoms with Crippen molar-refractivity contribution in [2.45, 2.75) is 39.0 Å². The van der Waals surface area contributed by atoms with Gasteiger partial charge in [-0.2, -0.15) is 0 Å². The summed E-state index contributed by atoms with van der Waals surface area (Å²) in [7, 11) is -4.00. The van der Waals surface area contributed by atoms with Gasteiger partial charge in [-0.05, 0) is 63.1 Å². The van der Waals surface area contributed by atoms with E-state index in [2.05, 4.69) is 4.72 Å². The van der Waals surface area contributed by atoms with E-state index >= 15 is 0 Å². The first-order valence-corrected chi connectivity index (χ1v) is 10.9. The van der Waals surface area contributed by atoms with E-state index in [-0.39, 0.29) is 23.1 Å². The molecule has 0 atom stereocenters. The van der Waals surface area contributed by atoms with Gasteiger partial charge >= 0.3 is 0 Å². The van der Waals surface area contributed by atoms with Crippen molar-refractivity contribution in [2.24, 2.45) is 5.41 Å². The van der Waals surface area contributed by atoms with Gasteiger partial charge in [0.25, 0.3) is 10.0 Å². The number of sulfonamides is 1. The number of nitrogens with zero attached hydrogens (tertiary/aromatic N) is 1. The van der Waals surface area contributed by atoms with Gasteiger partial charge in [0.05, 0.1) is 21.7 Å². The maximum absolute atomic E-state index is 13.6. The van der Waals surface area contributed by atoms with E-state index in [1.807, 2.05) is 20.8 Å². The van der Waals surface area contributed by atoms with Crippen LogP contribution >= 0.6 is 0 Å². The largest absolute Gasteiger partial charge is 0.490 e. The van der Waals surface area contributed by atoms with Gasteiger partial charge in [0, 0.05) is 6.54 Å². The number of anilines is 2. The zero-order valence-corrected chi connectivity index (χ0v) is 17.8. The fourth-order valence-electron chi connectivity index (χ4n) is 3.23. The van der Waals surface area contributed by atoms with Crippen LogP contribution in [0.3, 0.4) is 0 Å². The number of carbonyl (C=O) groups excluding carboxylic acids is 1. The fourth-order valence-corrected chi connectivity index (χ4v) is 4.53. The number of rotatable bonds is 5. The maximum atomic E-state index is 13.6. The minimum Gasteiger partial charge on any atom is -0.490 e. The fraction of sp³-hybridized carbons (Fsp3) is 0.381. The maximum Gasteiger partial charge on any atom is 0.262 e. The van der Waals surface area contributed by atoms with E-state index in [4.69, 9.17) is 4.74 Å². The summed E-state index contributed by atoms with van der Waals surface area (Å²) < 4.78 is 47.5. The van der Waals surface area contributed by atoms with E-state index < -0.39 is 21.3 Å². The summed E-state index contributed by atoms with van der Waals surface area (Å²) >= 11 is 0. The van der Waals surface area contributed by atoms with Crippen LogP contribution in [0, 0.1) is 18.2 Å². The van der Waals surface area contributed by atoms with Gasteiger partial charge in [0.15, 0.2) is 0 Å². The molecule has 1 N–H and O–H groups in total. The van der Waals surface area contributed by atoms with E-state index in [9.17, 15) is 17.6 Å². The number of ether oxygens (including phenoxy) is 1. The van der Waals surface area contributed by atoms with Gasteiger partial charge in [-0.15, -0.1) is 0 Å². The van der Waals surface area contributed by atoms with Crippen LogP contribution in [0.25, 0.3) is 0 Å². The summed E-state index contributed by atoms with van der Waals surface area (Å²) in [6.45, 7) is 7.92. The Morgan fingerprint density at radius 3 is 2.62 bits per heavy atom. The second kappa shape index (κ2) is 7.67. The molecule has 0 spiro atoms. The molecule has 0 saturated heterocycles. The molecule has 1 aliphatic rings. The molecule has 0 fully saturated rings. The van der Waals surface area contributed by atoms with Crippen molar-refractivity contribution in [3.63, 3.8) is 0 Å². The SMILES string of the molecule is CCCN1C(=O)C(C)(C)COc2ccc(NS(=O)(=O)c3cc(F)ccc3C)cc21. The summed E-state index contributed by atoms with van der Waals surface area (Å²) in [4.78, 5) is 14.5. The highest BCUT2D eigenvalue weighted by atomic mass is 32.2. The van der Waals surface area contributed by atoms with Crippen molar-refractivity contribution in [2.75, 3.05) is 22.8 Å². The average Bonchev–Trinajstić information content (AvgIpc) is 2.74. The molecule has 1 aliphatic heterocycles. The lowest BCUT2D eigenvalue weighted by atomic mass is 9.93. The molecule has 0 bridgehead atoms. The standard InChI is InChI=1S/C21H25FN2O4S/c1-5-10-24-17-12-16(8-9-18(17)28-13-21(3,4)20(24)25)23-29(26,27)19-11-15(22)7-6-14(19)2/h6-9,11-12,23H,5,10,13H2,1-4H3. The normalized spacial score (nSPS) is 16.0. The Hall–Kier alpha value is -2.61. The Balaban J connectivity index is 2.01. The highest BCUT2D eigenvalue weighted by molar-refractivity contribution is 7.92. The monoisotopic (exact) mass is 420 g/mol. The summed E-state index contributed by atoms with van der Waals surface area (Å²) in [6.07, 6.45) is 0.736. The zero-order chi connectivity index (χ0) is 21.4. The van der Waals surface area contributed by atoms with Crippen LogP contribution in [0.1, 0.15) is 32.8 Å². The van der Waals surface area contributed by atoms with Crippen molar-refractivity contribution in [1.82, 2.24) is 0 Å². The number of hydrogen-bond donors (Lipinski definition) is 1. The van der Waals surface area contributed by atoms with Crippen LogP contribution in [-0.4, -0.2) is 27.5 Å². The van der Waals surface area contributed by atoms with Crippen LogP contribution in [-0.2, 0) is 14.8 Å². The minimum absolute atomic E-state index is 0.0842. The zero-order valence-electron chi connectivity index (χ0n) is 17.0. The number of nitrogens with one attached hydrogen (secondary N) is 1. The first-order chi connectivity index (χ1) is 13.5. The van der Waals surface area contributed by atoms with Crippen molar-refractivity contribution in [1.29, 1.82) is 0 Å². The molecular weight excluding hydrogens is 395 g/mol. The molecule has 0 saturated carbocycles. The first-order valence-electron chi connectivity index (χ1n) is 9.43. The molecule has 1 heterocycles. The Labute approximate surface area is 170 Å². The Kier molecular flexibility index (Phi) is 5.58. The van der Waals surface area contributed by atoms with Gasteiger partial charge in [0.1, 0.15) is 18.2 Å². The topological polar surface area (TPSA) is 75.7 Å². The molecular formula is C21H25FN2O4S. The molecule has 0 radical (unpaired) electrons. The number of aryl methyl sites for hydroxylation is 1. The van der Waals surface area contributed by atoms with E-state index in [0.29, 0.717) is 23.5 Å². The third-order valence-corrected chi connectivity index (χ3v) is 6.32. The minimum atomic E-state index is -4.00. The highest BCUT2D eigenvalue weighted by Gasteiger charge is 2.37. The number of hydrogen-bond acceptors (Lipinski definition) is 4. The third-order valence-electron chi connectivity index (χ3n) is 4.80. The van der Waals surface area contributed by atoms with E-state index in [1.165, 1.54) is 12.1 Å². The van der Waals surface area contributed by atoms with E-state index in [0.717, 1.165) is 12.5 Å². The first kappa shape index (κ1) is 21.1. The lowest BCUT2D eigenvalue weighted by Crippen LogP contribution is -2.42. The molecule has 6 nitrogen and oxygen atoms in total. The molecule has 0 unspecified atom stereocenters. The van der Waals surface area contributed by atoms with Crippen LogP contribution in [0.5, 0.6) is 5.75 Å². The van der Waals surface area contributed by atoms with Crippen molar-refractivity contribution in [3.8, 4) is 5.75 Å². The van der Waals surface area contributed by atoms with Gasteiger partial charge in [-0.1, -0.05) is 13.0 Å². The second-order valence-electron chi connectivity index (χ2n) is 7.83. The van der Waals surface area contributed by atoms with Crippen molar-refractivity contribution in [3.05, 3.63) is 47.8 Å². The molecule has 8 heteroatoms. The van der Waals surface area contributed by atoms with E-state index in [1.54, 1.807) is 30.0 Å². The second-order valence-corrected chi connectivity index (χ2v) is 9.48. The number of benzene rings is 2. The van der Waals surface area contributed by atoms with Crippen molar-refractivity contribution >= 4 is 27.3 Å². The molecule has 156 valence electrons. The molecule has 1 amide bonds. The lowest BCUT2D eigenvalue weighted by molar-refractivity contribution is -0.127. The van der Waals surface area contributed by atoms with Crippen LogP contribution in [0.4, 0.5) is 15.8 Å². The smallest absolute Gasteiger partial charge is 0.262 e. The summed E-state index contributed by atoms with van der Waals surface area (Å²) in [5.74, 6) is -0.199. The summed E-state index contributed by atoms with van der Waals surface area (Å²) in [5.41, 5.74) is 0.511. The van der Waals surface area contributed by atoms with Crippen LogP contribution in [0.2, 0.25) is 0 Å². The van der Waals surface area contributed by atoms with Gasteiger partial charge in [-0.25, -0.2) is 12.8 Å². The van der Waals surface area contributed by atoms with Crippen molar-refractivity contribution < 1.29 is 22.3 Å². The highest BCUT2D eigenvalue weighted by Crippen LogP contribution is 2.38. The summed E-state index contributed by atoms with van der Waals surface area (Å²) in [5, 5.41) is 0. The predicted molar refractivity (Wildman–Crippen MR) is 110 cm³/mol. The molecule has 2 aromatic rings. The molecule has 3 rings (SSSR count). The molecule has 0 aromatic heterocycles. The number of halogens is 1.